The van der Waals surface area contributed by atoms with Gasteiger partial charge in [0, 0.05) is 5.56 Å². The van der Waals surface area contributed by atoms with E-state index in [0.717, 1.165) is 16.7 Å². The molecule has 0 saturated heterocycles. The molecule has 0 fully saturated rings. The molecular weight excluding hydrogens is 234 g/mol. The third kappa shape index (κ3) is 2.03. The smallest absolute Gasteiger partial charge is 0.227 e. The molecule has 0 amide bonds. The Bertz CT molecular complexity index is 745. The molecule has 3 aromatic rings. The third-order valence-corrected chi connectivity index (χ3v) is 3.72. The van der Waals surface area contributed by atoms with Gasteiger partial charge in [0.1, 0.15) is 5.52 Å². The molecule has 0 radical (unpaired) electrons. The Morgan fingerprint density at radius 2 is 1.58 bits per heavy atom. The Morgan fingerprint density at radius 3 is 2.26 bits per heavy atom. The van der Waals surface area contributed by atoms with Gasteiger partial charge in [0.05, 0.1) is 0 Å². The normalized spacial score (nSPS) is 11.2. The molecule has 0 saturated carbocycles. The van der Waals surface area contributed by atoms with E-state index in [-0.39, 0.29) is 0 Å². The molecule has 0 aliphatic rings. The quantitative estimate of drug-likeness (QED) is 0.625. The first-order valence-corrected chi connectivity index (χ1v) is 6.50. The molecule has 0 atom stereocenters. The number of hydrogen-bond acceptors (Lipinski definition) is 2. The fraction of sp³-hybridized carbons (Fsp3) is 0.235. The maximum Gasteiger partial charge on any atom is 0.227 e. The van der Waals surface area contributed by atoms with Crippen LogP contribution in [-0.4, -0.2) is 4.98 Å². The Labute approximate surface area is 113 Å². The first kappa shape index (κ1) is 12.0. The van der Waals surface area contributed by atoms with Gasteiger partial charge in [-0.3, -0.25) is 0 Å². The molecule has 0 bridgehead atoms. The van der Waals surface area contributed by atoms with Crippen molar-refractivity contribution < 1.29 is 4.42 Å². The highest BCUT2D eigenvalue weighted by Crippen LogP contribution is 2.27. The summed E-state index contributed by atoms with van der Waals surface area (Å²) in [7, 11) is 0. The van der Waals surface area contributed by atoms with Gasteiger partial charge in [-0.1, -0.05) is 6.07 Å². The molecule has 19 heavy (non-hydrogen) atoms. The lowest BCUT2D eigenvalue weighted by molar-refractivity contribution is 0.619. The molecule has 2 nitrogen and oxygen atoms in total. The Hall–Kier alpha value is -2.09. The minimum atomic E-state index is 0.701. The van der Waals surface area contributed by atoms with Crippen LogP contribution in [0.4, 0.5) is 0 Å². The molecule has 0 spiro atoms. The number of fused-ring (bicyclic) bond motifs is 1. The third-order valence-electron chi connectivity index (χ3n) is 3.72. The van der Waals surface area contributed by atoms with Crippen LogP contribution in [0.15, 0.2) is 34.7 Å². The van der Waals surface area contributed by atoms with Gasteiger partial charge in [0.2, 0.25) is 5.89 Å². The average Bonchev–Trinajstić information content (AvgIpc) is 2.78. The predicted octanol–water partition coefficient (Wildman–Crippen LogP) is 4.73. The van der Waals surface area contributed by atoms with E-state index in [9.17, 15) is 0 Å². The van der Waals surface area contributed by atoms with Crippen molar-refractivity contribution in [2.24, 2.45) is 0 Å². The molecule has 0 aliphatic heterocycles. The van der Waals surface area contributed by atoms with Crippen molar-refractivity contribution in [1.29, 1.82) is 0 Å². The van der Waals surface area contributed by atoms with E-state index in [0.29, 0.717) is 5.89 Å². The first-order valence-electron chi connectivity index (χ1n) is 6.50. The second-order valence-electron chi connectivity index (χ2n) is 5.23. The van der Waals surface area contributed by atoms with E-state index in [1.165, 1.54) is 22.3 Å². The number of hydrogen-bond donors (Lipinski definition) is 0. The van der Waals surface area contributed by atoms with Crippen molar-refractivity contribution in [3.63, 3.8) is 0 Å². The molecule has 0 unspecified atom stereocenters. The summed E-state index contributed by atoms with van der Waals surface area (Å²) < 4.78 is 5.85. The Morgan fingerprint density at radius 1 is 0.895 bits per heavy atom. The fourth-order valence-corrected chi connectivity index (χ4v) is 2.32. The summed E-state index contributed by atoms with van der Waals surface area (Å²) in [6.07, 6.45) is 0. The highest BCUT2D eigenvalue weighted by atomic mass is 16.3. The van der Waals surface area contributed by atoms with Crippen LogP contribution in [0.2, 0.25) is 0 Å². The fourth-order valence-electron chi connectivity index (χ4n) is 2.32. The minimum absolute atomic E-state index is 0.701. The predicted molar refractivity (Wildman–Crippen MR) is 78.4 cm³/mol. The highest BCUT2D eigenvalue weighted by molar-refractivity contribution is 5.77. The van der Waals surface area contributed by atoms with Crippen molar-refractivity contribution >= 4 is 11.1 Å². The lowest BCUT2D eigenvalue weighted by Crippen LogP contribution is -1.88. The van der Waals surface area contributed by atoms with Gasteiger partial charge in [-0.05, 0) is 74.2 Å². The molecular formula is C17H17NO. The van der Waals surface area contributed by atoms with E-state index in [4.69, 9.17) is 4.42 Å². The Balaban J connectivity index is 2.19. The lowest BCUT2D eigenvalue weighted by Gasteiger charge is -2.06. The van der Waals surface area contributed by atoms with Crippen LogP contribution in [0, 0.1) is 27.7 Å². The van der Waals surface area contributed by atoms with Crippen LogP contribution >= 0.6 is 0 Å². The number of rotatable bonds is 1. The van der Waals surface area contributed by atoms with Crippen LogP contribution < -0.4 is 0 Å². The van der Waals surface area contributed by atoms with Gasteiger partial charge in [-0.15, -0.1) is 0 Å². The summed E-state index contributed by atoms with van der Waals surface area (Å²) in [6.45, 7) is 8.45. The zero-order valence-electron chi connectivity index (χ0n) is 11.7. The first-order chi connectivity index (χ1) is 9.04. The monoisotopic (exact) mass is 251 g/mol. The van der Waals surface area contributed by atoms with Crippen LogP contribution in [-0.2, 0) is 0 Å². The standard InChI is InChI=1S/C17H17NO/c1-10-5-6-16-15(7-10)18-17(19-16)14-8-11(2)13(4)12(3)9-14/h5-9H,1-4H3. The van der Waals surface area contributed by atoms with Crippen molar-refractivity contribution in [2.75, 3.05) is 0 Å². The molecule has 3 rings (SSSR count). The summed E-state index contributed by atoms with van der Waals surface area (Å²) >= 11 is 0. The van der Waals surface area contributed by atoms with Crippen molar-refractivity contribution in [3.8, 4) is 11.5 Å². The molecule has 0 N–H and O–H groups in total. The van der Waals surface area contributed by atoms with E-state index in [1.807, 2.05) is 12.1 Å². The van der Waals surface area contributed by atoms with Crippen molar-refractivity contribution in [2.45, 2.75) is 27.7 Å². The van der Waals surface area contributed by atoms with Gasteiger partial charge in [0.15, 0.2) is 5.58 Å². The van der Waals surface area contributed by atoms with Gasteiger partial charge in [-0.25, -0.2) is 4.98 Å². The molecule has 1 heterocycles. The number of nitrogens with zero attached hydrogens (tertiary/aromatic N) is 1. The maximum atomic E-state index is 5.85. The van der Waals surface area contributed by atoms with Crippen LogP contribution in [0.5, 0.6) is 0 Å². The van der Waals surface area contributed by atoms with E-state index in [1.54, 1.807) is 0 Å². The van der Waals surface area contributed by atoms with E-state index in [2.05, 4.69) is 50.9 Å². The largest absolute Gasteiger partial charge is 0.436 e. The number of aromatic nitrogens is 1. The molecule has 2 heteroatoms. The summed E-state index contributed by atoms with van der Waals surface area (Å²) in [5.41, 5.74) is 7.89. The Kier molecular flexibility index (Phi) is 2.67. The minimum Gasteiger partial charge on any atom is -0.436 e. The molecule has 1 aromatic heterocycles. The SMILES string of the molecule is Cc1ccc2oc(-c3cc(C)c(C)c(C)c3)nc2c1. The maximum absolute atomic E-state index is 5.85. The number of oxazole rings is 1. The van der Waals surface area contributed by atoms with Crippen molar-refractivity contribution in [3.05, 3.63) is 52.6 Å². The second kappa shape index (κ2) is 4.23. The van der Waals surface area contributed by atoms with Gasteiger partial charge >= 0.3 is 0 Å². The van der Waals surface area contributed by atoms with Gasteiger partial charge < -0.3 is 4.42 Å². The van der Waals surface area contributed by atoms with Crippen LogP contribution in [0.25, 0.3) is 22.6 Å². The highest BCUT2D eigenvalue weighted by Gasteiger charge is 2.10. The van der Waals surface area contributed by atoms with Crippen LogP contribution in [0.3, 0.4) is 0 Å². The summed E-state index contributed by atoms with van der Waals surface area (Å²) in [6, 6.07) is 10.4. The average molecular weight is 251 g/mol. The molecule has 96 valence electrons. The number of benzene rings is 2. The zero-order valence-corrected chi connectivity index (χ0v) is 11.7. The zero-order chi connectivity index (χ0) is 13.6. The van der Waals surface area contributed by atoms with E-state index >= 15 is 0 Å². The second-order valence-corrected chi connectivity index (χ2v) is 5.23. The summed E-state index contributed by atoms with van der Waals surface area (Å²) in [5, 5.41) is 0. The van der Waals surface area contributed by atoms with Crippen LogP contribution in [0.1, 0.15) is 22.3 Å². The topological polar surface area (TPSA) is 26.0 Å². The van der Waals surface area contributed by atoms with E-state index < -0.39 is 0 Å². The molecule has 2 aromatic carbocycles. The molecule has 0 aliphatic carbocycles. The van der Waals surface area contributed by atoms with Gasteiger partial charge in [0.25, 0.3) is 0 Å². The summed E-state index contributed by atoms with van der Waals surface area (Å²) in [4.78, 5) is 4.59. The summed E-state index contributed by atoms with van der Waals surface area (Å²) in [5.74, 6) is 0.701. The number of aryl methyl sites for hydroxylation is 3. The van der Waals surface area contributed by atoms with Crippen molar-refractivity contribution in [1.82, 2.24) is 4.98 Å². The van der Waals surface area contributed by atoms with Gasteiger partial charge in [-0.2, -0.15) is 0 Å². The lowest BCUT2D eigenvalue weighted by atomic mass is 10.0.